The predicted molar refractivity (Wildman–Crippen MR) is 115 cm³/mol. The van der Waals surface area contributed by atoms with Gasteiger partial charge in [-0.3, -0.25) is 14.2 Å². The van der Waals surface area contributed by atoms with E-state index in [2.05, 4.69) is 10.3 Å². The van der Waals surface area contributed by atoms with E-state index in [0.717, 1.165) is 23.9 Å². The van der Waals surface area contributed by atoms with Crippen molar-refractivity contribution in [3.63, 3.8) is 0 Å². The third-order valence-electron chi connectivity index (χ3n) is 4.56. The summed E-state index contributed by atoms with van der Waals surface area (Å²) in [6.45, 7) is 0. The largest absolute Gasteiger partial charge is 0.416 e. The Balaban J connectivity index is 1.57. The van der Waals surface area contributed by atoms with Crippen LogP contribution < -0.4 is 10.9 Å². The maximum absolute atomic E-state index is 13.4. The molecule has 1 amide bonds. The lowest BCUT2D eigenvalue weighted by molar-refractivity contribution is -0.137. The highest BCUT2D eigenvalue weighted by molar-refractivity contribution is 8.00. The zero-order chi connectivity index (χ0) is 22.9. The lowest BCUT2D eigenvalue weighted by Crippen LogP contribution is -2.24. The molecular weight excluding hydrogens is 466 g/mol. The first kappa shape index (κ1) is 22.4. The number of benzene rings is 2. The van der Waals surface area contributed by atoms with Crippen molar-refractivity contribution in [3.8, 4) is 5.69 Å². The molecule has 2 aromatic carbocycles. The van der Waals surface area contributed by atoms with Crippen LogP contribution in [-0.4, -0.2) is 27.0 Å². The van der Waals surface area contributed by atoms with Gasteiger partial charge in [0.15, 0.2) is 5.16 Å². The maximum atomic E-state index is 13.4. The summed E-state index contributed by atoms with van der Waals surface area (Å²) in [5.41, 5.74) is -0.116. The van der Waals surface area contributed by atoms with Crippen LogP contribution in [0.4, 0.5) is 23.2 Å². The summed E-state index contributed by atoms with van der Waals surface area (Å²) in [6.07, 6.45) is -3.91. The van der Waals surface area contributed by atoms with Crippen LogP contribution in [0.1, 0.15) is 11.3 Å². The summed E-state index contributed by atoms with van der Waals surface area (Å²) in [7, 11) is 0. The van der Waals surface area contributed by atoms with Gasteiger partial charge in [0.2, 0.25) is 5.91 Å². The molecule has 0 fully saturated rings. The Morgan fingerprint density at radius 3 is 2.66 bits per heavy atom. The Bertz CT molecular complexity index is 1230. The number of hydrogen-bond donors (Lipinski definition) is 1. The molecule has 0 bridgehead atoms. The van der Waals surface area contributed by atoms with Crippen LogP contribution in [0.2, 0.25) is 0 Å². The van der Waals surface area contributed by atoms with Gasteiger partial charge in [0.25, 0.3) is 5.56 Å². The average Bonchev–Trinajstić information content (AvgIpc) is 3.22. The molecule has 0 unspecified atom stereocenters. The smallest absolute Gasteiger partial charge is 0.325 e. The Hall–Kier alpha value is -2.79. The Morgan fingerprint density at radius 2 is 1.94 bits per heavy atom. The summed E-state index contributed by atoms with van der Waals surface area (Å²) < 4.78 is 53.3. The average molecular weight is 481 g/mol. The van der Waals surface area contributed by atoms with Gasteiger partial charge in [-0.25, -0.2) is 9.37 Å². The van der Waals surface area contributed by atoms with Crippen molar-refractivity contribution in [1.29, 1.82) is 0 Å². The molecule has 1 aliphatic rings. The SMILES string of the molecule is O=C(CSc1nc2c(c(=O)n1-c1ccc(F)cc1)SCC2)Nc1cccc(C(F)(F)F)c1. The molecule has 0 saturated carbocycles. The fourth-order valence-corrected chi connectivity index (χ4v) is 4.96. The van der Waals surface area contributed by atoms with E-state index in [9.17, 15) is 27.2 Å². The topological polar surface area (TPSA) is 64.0 Å². The highest BCUT2D eigenvalue weighted by Crippen LogP contribution is 2.32. The molecule has 1 N–H and O–H groups in total. The van der Waals surface area contributed by atoms with E-state index in [1.165, 1.54) is 52.7 Å². The van der Waals surface area contributed by atoms with Gasteiger partial charge in [-0.1, -0.05) is 17.8 Å². The number of fused-ring (bicyclic) bond motifs is 1. The van der Waals surface area contributed by atoms with Gasteiger partial charge >= 0.3 is 6.18 Å². The molecular formula is C21H15F4N3O2S2. The molecule has 4 rings (SSSR count). The maximum Gasteiger partial charge on any atom is 0.416 e. The molecule has 166 valence electrons. The minimum absolute atomic E-state index is 0.0136. The van der Waals surface area contributed by atoms with Gasteiger partial charge in [0.1, 0.15) is 5.82 Å². The molecule has 2 heterocycles. The Morgan fingerprint density at radius 1 is 1.19 bits per heavy atom. The number of carbonyl (C=O) groups excluding carboxylic acids is 1. The van der Waals surface area contributed by atoms with Crippen LogP contribution >= 0.6 is 23.5 Å². The van der Waals surface area contributed by atoms with Gasteiger partial charge in [-0.05, 0) is 42.5 Å². The van der Waals surface area contributed by atoms with Crippen molar-refractivity contribution < 1.29 is 22.4 Å². The third-order valence-corrected chi connectivity index (χ3v) is 6.60. The van der Waals surface area contributed by atoms with Crippen molar-refractivity contribution in [2.24, 2.45) is 0 Å². The van der Waals surface area contributed by atoms with E-state index in [1.54, 1.807) is 0 Å². The van der Waals surface area contributed by atoms with Crippen molar-refractivity contribution in [3.05, 3.63) is 76.0 Å². The number of carbonyl (C=O) groups is 1. The number of halogens is 4. The van der Waals surface area contributed by atoms with Gasteiger partial charge in [0, 0.05) is 17.9 Å². The standard InChI is InChI=1S/C21H15F4N3O2S2/c22-13-4-6-15(7-5-13)28-19(30)18-16(8-9-31-18)27-20(28)32-11-17(29)26-14-3-1-2-12(10-14)21(23,24)25/h1-7,10H,8-9,11H2,(H,26,29). The minimum atomic E-state index is -4.52. The lowest BCUT2D eigenvalue weighted by Gasteiger charge is -2.14. The number of amides is 1. The quantitative estimate of drug-likeness (QED) is 0.323. The number of aromatic nitrogens is 2. The van der Waals surface area contributed by atoms with E-state index in [-0.39, 0.29) is 22.2 Å². The second kappa shape index (κ2) is 8.99. The fourth-order valence-electron chi connectivity index (χ4n) is 3.11. The van der Waals surface area contributed by atoms with Gasteiger partial charge in [-0.15, -0.1) is 11.8 Å². The molecule has 0 atom stereocenters. The summed E-state index contributed by atoms with van der Waals surface area (Å²) >= 11 is 2.37. The van der Waals surface area contributed by atoms with Crippen LogP contribution in [0.5, 0.6) is 0 Å². The number of thioether (sulfide) groups is 2. The number of nitrogens with zero attached hydrogens (tertiary/aromatic N) is 2. The third kappa shape index (κ3) is 4.83. The predicted octanol–water partition coefficient (Wildman–Crippen LogP) is 4.77. The molecule has 0 aliphatic carbocycles. The summed E-state index contributed by atoms with van der Waals surface area (Å²) in [5, 5.41) is 2.68. The van der Waals surface area contributed by atoms with Crippen LogP contribution in [-0.2, 0) is 17.4 Å². The molecule has 0 saturated heterocycles. The number of alkyl halides is 3. The summed E-state index contributed by atoms with van der Waals surface area (Å²) in [6, 6.07) is 9.65. The fraction of sp³-hybridized carbons (Fsp3) is 0.190. The zero-order valence-electron chi connectivity index (χ0n) is 16.3. The van der Waals surface area contributed by atoms with Crippen LogP contribution in [0.3, 0.4) is 0 Å². The van der Waals surface area contributed by atoms with E-state index in [0.29, 0.717) is 28.5 Å². The number of hydrogen-bond acceptors (Lipinski definition) is 5. The van der Waals surface area contributed by atoms with Gasteiger partial charge < -0.3 is 5.32 Å². The second-order valence-electron chi connectivity index (χ2n) is 6.80. The molecule has 1 aliphatic heterocycles. The monoisotopic (exact) mass is 481 g/mol. The molecule has 1 aromatic heterocycles. The first-order valence-corrected chi connectivity index (χ1v) is 11.3. The molecule has 0 radical (unpaired) electrons. The first-order valence-electron chi connectivity index (χ1n) is 9.37. The first-order chi connectivity index (χ1) is 15.2. The van der Waals surface area contributed by atoms with E-state index >= 15 is 0 Å². The molecule has 3 aromatic rings. The van der Waals surface area contributed by atoms with E-state index in [1.807, 2.05) is 0 Å². The molecule has 11 heteroatoms. The van der Waals surface area contributed by atoms with Crippen LogP contribution in [0.15, 0.2) is 63.4 Å². The van der Waals surface area contributed by atoms with E-state index < -0.39 is 23.5 Å². The minimum Gasteiger partial charge on any atom is -0.325 e. The Labute approximate surface area is 188 Å². The van der Waals surface area contributed by atoms with E-state index in [4.69, 9.17) is 0 Å². The van der Waals surface area contributed by atoms with Gasteiger partial charge in [0.05, 0.1) is 27.6 Å². The van der Waals surface area contributed by atoms with Crippen molar-refractivity contribution in [2.75, 3.05) is 16.8 Å². The zero-order valence-corrected chi connectivity index (χ0v) is 17.9. The van der Waals surface area contributed by atoms with Crippen molar-refractivity contribution >= 4 is 35.1 Å². The Kier molecular flexibility index (Phi) is 6.29. The molecule has 5 nitrogen and oxygen atoms in total. The number of rotatable bonds is 5. The lowest BCUT2D eigenvalue weighted by atomic mass is 10.2. The van der Waals surface area contributed by atoms with Crippen LogP contribution in [0, 0.1) is 5.82 Å². The van der Waals surface area contributed by atoms with Crippen molar-refractivity contribution in [2.45, 2.75) is 22.6 Å². The van der Waals surface area contributed by atoms with Crippen LogP contribution in [0.25, 0.3) is 5.69 Å². The second-order valence-corrected chi connectivity index (χ2v) is 8.85. The summed E-state index contributed by atoms with van der Waals surface area (Å²) in [5.74, 6) is -0.481. The van der Waals surface area contributed by atoms with Gasteiger partial charge in [-0.2, -0.15) is 13.2 Å². The number of nitrogens with one attached hydrogen (secondary N) is 1. The molecule has 32 heavy (non-hydrogen) atoms. The highest BCUT2D eigenvalue weighted by atomic mass is 32.2. The molecule has 0 spiro atoms. The number of anilines is 1. The normalized spacial score (nSPS) is 13.1. The highest BCUT2D eigenvalue weighted by Gasteiger charge is 2.30. The number of aryl methyl sites for hydroxylation is 1. The van der Waals surface area contributed by atoms with Crippen molar-refractivity contribution in [1.82, 2.24) is 9.55 Å². The summed E-state index contributed by atoms with van der Waals surface area (Å²) in [4.78, 5) is 30.4.